The van der Waals surface area contributed by atoms with Crippen molar-refractivity contribution in [2.24, 2.45) is 0 Å². The minimum Gasteiger partial charge on any atom is -0.432 e. The molecule has 0 saturated heterocycles. The van der Waals surface area contributed by atoms with Crippen LogP contribution in [0.1, 0.15) is 31.0 Å². The Labute approximate surface area is 112 Å². The van der Waals surface area contributed by atoms with Crippen LogP contribution in [0.5, 0.6) is 0 Å². The maximum absolute atomic E-state index is 5.66. The molecule has 4 heteroatoms. The van der Waals surface area contributed by atoms with Crippen molar-refractivity contribution < 1.29 is 4.42 Å². The van der Waals surface area contributed by atoms with Gasteiger partial charge >= 0.3 is 0 Å². The Morgan fingerprint density at radius 3 is 2.67 bits per heavy atom. The lowest BCUT2D eigenvalue weighted by Crippen LogP contribution is -1.91. The zero-order valence-electron chi connectivity index (χ0n) is 10.4. The maximum atomic E-state index is 5.66. The minimum absolute atomic E-state index is 0.362. The van der Waals surface area contributed by atoms with E-state index in [9.17, 15) is 0 Å². The van der Waals surface area contributed by atoms with Gasteiger partial charge in [-0.05, 0) is 30.5 Å². The summed E-state index contributed by atoms with van der Waals surface area (Å²) in [5, 5.41) is 3.11. The third kappa shape index (κ3) is 3.50. The van der Waals surface area contributed by atoms with E-state index in [1.807, 2.05) is 12.1 Å². The van der Waals surface area contributed by atoms with E-state index < -0.39 is 0 Å². The Morgan fingerprint density at radius 1 is 1.28 bits per heavy atom. The Balaban J connectivity index is 1.97. The lowest BCUT2D eigenvalue weighted by atomic mass is 10.1. The average molecular weight is 265 g/mol. The first kappa shape index (κ1) is 13.0. The van der Waals surface area contributed by atoms with Gasteiger partial charge in [-0.3, -0.25) is 0 Å². The fourth-order valence-electron chi connectivity index (χ4n) is 1.68. The molecule has 0 atom stereocenters. The van der Waals surface area contributed by atoms with Gasteiger partial charge in [-0.25, -0.2) is 0 Å². The fraction of sp³-hybridized carbons (Fsp3) is 0.357. The predicted octanol–water partition coefficient (Wildman–Crippen LogP) is 4.50. The molecule has 0 radical (unpaired) electrons. The van der Waals surface area contributed by atoms with Crippen molar-refractivity contribution in [3.63, 3.8) is 0 Å². The van der Waals surface area contributed by atoms with Gasteiger partial charge < -0.3 is 9.73 Å². The number of halogens is 1. The summed E-state index contributed by atoms with van der Waals surface area (Å²) in [7, 11) is 0. The van der Waals surface area contributed by atoms with Crippen LogP contribution in [-0.2, 0) is 12.3 Å². The second-order valence-corrected chi connectivity index (χ2v) is 4.47. The highest BCUT2D eigenvalue weighted by molar-refractivity contribution is 6.16. The quantitative estimate of drug-likeness (QED) is 0.781. The molecule has 0 saturated carbocycles. The minimum atomic E-state index is 0.362. The third-order valence-electron chi connectivity index (χ3n) is 2.71. The van der Waals surface area contributed by atoms with Crippen molar-refractivity contribution in [3.8, 4) is 0 Å². The summed E-state index contributed by atoms with van der Waals surface area (Å²) in [5.41, 5.74) is 3.06. The first-order chi connectivity index (χ1) is 8.81. The van der Waals surface area contributed by atoms with E-state index in [1.54, 1.807) is 6.26 Å². The monoisotopic (exact) mass is 264 g/mol. The van der Waals surface area contributed by atoms with Gasteiger partial charge in [0, 0.05) is 5.69 Å². The molecule has 2 aromatic rings. The molecule has 96 valence electrons. The standard InChI is InChI=1S/C14H17ClN2O/c1-2-3-4-11-5-7-12(8-6-11)16-14-17-13(9-15)10-18-14/h5-8,10H,2-4,9H2,1H3,(H,16,17). The van der Waals surface area contributed by atoms with Crippen LogP contribution in [0.4, 0.5) is 11.7 Å². The number of nitrogens with zero attached hydrogens (tertiary/aromatic N) is 1. The van der Waals surface area contributed by atoms with Gasteiger partial charge in [0.15, 0.2) is 0 Å². The molecule has 18 heavy (non-hydrogen) atoms. The maximum Gasteiger partial charge on any atom is 0.299 e. The molecular weight excluding hydrogens is 248 g/mol. The van der Waals surface area contributed by atoms with Crippen molar-refractivity contribution in [3.05, 3.63) is 41.8 Å². The molecule has 0 aliphatic carbocycles. The van der Waals surface area contributed by atoms with Crippen LogP contribution in [0.15, 0.2) is 34.9 Å². The van der Waals surface area contributed by atoms with E-state index in [1.165, 1.54) is 18.4 Å². The molecule has 1 N–H and O–H groups in total. The van der Waals surface area contributed by atoms with E-state index in [0.717, 1.165) is 17.8 Å². The van der Waals surface area contributed by atoms with Crippen LogP contribution in [-0.4, -0.2) is 4.98 Å². The number of rotatable bonds is 6. The van der Waals surface area contributed by atoms with Crippen LogP contribution in [0.3, 0.4) is 0 Å². The van der Waals surface area contributed by atoms with Gasteiger partial charge in [0.1, 0.15) is 6.26 Å². The highest BCUT2D eigenvalue weighted by Gasteiger charge is 2.03. The number of aromatic nitrogens is 1. The van der Waals surface area contributed by atoms with Crippen LogP contribution in [0.2, 0.25) is 0 Å². The molecule has 3 nitrogen and oxygen atoms in total. The lowest BCUT2D eigenvalue weighted by Gasteiger charge is -2.03. The molecule has 0 spiro atoms. The average Bonchev–Trinajstić information content (AvgIpc) is 2.86. The Bertz CT molecular complexity index is 479. The Kier molecular flexibility index (Phi) is 4.65. The summed E-state index contributed by atoms with van der Waals surface area (Å²) >= 11 is 5.66. The number of hydrogen-bond acceptors (Lipinski definition) is 3. The zero-order chi connectivity index (χ0) is 12.8. The molecule has 0 aliphatic rings. The zero-order valence-corrected chi connectivity index (χ0v) is 11.2. The van der Waals surface area contributed by atoms with Crippen molar-refractivity contribution >= 4 is 23.3 Å². The highest BCUT2D eigenvalue weighted by Crippen LogP contribution is 2.18. The molecule has 1 aromatic carbocycles. The molecule has 0 bridgehead atoms. The summed E-state index contributed by atoms with van der Waals surface area (Å²) in [6.07, 6.45) is 5.14. The first-order valence-corrected chi connectivity index (χ1v) is 6.71. The molecule has 0 aliphatic heterocycles. The highest BCUT2D eigenvalue weighted by atomic mass is 35.5. The van der Waals surface area contributed by atoms with Crippen LogP contribution in [0.25, 0.3) is 0 Å². The van der Waals surface area contributed by atoms with E-state index in [-0.39, 0.29) is 0 Å². The van der Waals surface area contributed by atoms with Gasteiger partial charge in [-0.1, -0.05) is 25.5 Å². The molecule has 0 fully saturated rings. The summed E-state index contributed by atoms with van der Waals surface area (Å²) in [6.45, 7) is 2.20. The predicted molar refractivity (Wildman–Crippen MR) is 74.4 cm³/mol. The van der Waals surface area contributed by atoms with Crippen LogP contribution < -0.4 is 5.32 Å². The second kappa shape index (κ2) is 6.45. The molecule has 2 rings (SSSR count). The van der Waals surface area contributed by atoms with Crippen LogP contribution in [0, 0.1) is 0 Å². The largest absolute Gasteiger partial charge is 0.432 e. The smallest absolute Gasteiger partial charge is 0.299 e. The van der Waals surface area contributed by atoms with Gasteiger partial charge in [-0.15, -0.1) is 11.6 Å². The molecule has 1 aromatic heterocycles. The van der Waals surface area contributed by atoms with E-state index in [2.05, 4.69) is 29.4 Å². The second-order valence-electron chi connectivity index (χ2n) is 4.20. The molecular formula is C14H17ClN2O. The molecule has 0 amide bonds. The topological polar surface area (TPSA) is 38.1 Å². The number of nitrogens with one attached hydrogen (secondary N) is 1. The molecule has 0 unspecified atom stereocenters. The number of benzene rings is 1. The van der Waals surface area contributed by atoms with Gasteiger partial charge in [0.25, 0.3) is 6.01 Å². The van der Waals surface area contributed by atoms with Crippen molar-refractivity contribution in [2.75, 3.05) is 5.32 Å². The first-order valence-electron chi connectivity index (χ1n) is 6.18. The summed E-state index contributed by atoms with van der Waals surface area (Å²) in [4.78, 5) is 4.19. The SMILES string of the molecule is CCCCc1ccc(Nc2nc(CCl)co2)cc1. The van der Waals surface area contributed by atoms with Gasteiger partial charge in [0.05, 0.1) is 11.6 Å². The number of aryl methyl sites for hydroxylation is 1. The van der Waals surface area contributed by atoms with E-state index >= 15 is 0 Å². The number of unbranched alkanes of at least 4 members (excludes halogenated alkanes) is 1. The van der Waals surface area contributed by atoms with Crippen molar-refractivity contribution in [1.29, 1.82) is 0 Å². The van der Waals surface area contributed by atoms with Gasteiger partial charge in [-0.2, -0.15) is 4.98 Å². The summed E-state index contributed by atoms with van der Waals surface area (Å²) in [6, 6.07) is 8.81. The van der Waals surface area contributed by atoms with Crippen molar-refractivity contribution in [2.45, 2.75) is 32.1 Å². The molecule has 1 heterocycles. The van der Waals surface area contributed by atoms with Crippen LogP contribution >= 0.6 is 11.6 Å². The number of anilines is 2. The Hall–Kier alpha value is -1.48. The fourth-order valence-corrected chi connectivity index (χ4v) is 1.81. The number of oxazole rings is 1. The summed E-state index contributed by atoms with van der Waals surface area (Å²) in [5.74, 6) is 0.362. The normalized spacial score (nSPS) is 10.6. The number of hydrogen-bond donors (Lipinski definition) is 1. The lowest BCUT2D eigenvalue weighted by molar-refractivity contribution is 0.576. The van der Waals surface area contributed by atoms with E-state index in [4.69, 9.17) is 16.0 Å². The van der Waals surface area contributed by atoms with Crippen molar-refractivity contribution in [1.82, 2.24) is 4.98 Å². The summed E-state index contributed by atoms with van der Waals surface area (Å²) < 4.78 is 5.25. The number of alkyl halides is 1. The third-order valence-corrected chi connectivity index (χ3v) is 2.99. The van der Waals surface area contributed by atoms with Gasteiger partial charge in [0.2, 0.25) is 0 Å². The van der Waals surface area contributed by atoms with E-state index in [0.29, 0.717) is 11.9 Å². The Morgan fingerprint density at radius 2 is 2.06 bits per heavy atom.